The van der Waals surface area contributed by atoms with Gasteiger partial charge in [0.1, 0.15) is 0 Å². The van der Waals surface area contributed by atoms with E-state index in [4.69, 9.17) is 0 Å². The summed E-state index contributed by atoms with van der Waals surface area (Å²) in [4.78, 5) is 19.6. The maximum Gasteiger partial charge on any atom is 0.317 e. The fourth-order valence-corrected chi connectivity index (χ4v) is 1.37. The molecule has 0 aromatic heterocycles. The highest BCUT2D eigenvalue weighted by molar-refractivity contribution is 5.57. The molecule has 0 unspecified atom stereocenters. The lowest BCUT2D eigenvalue weighted by atomic mass is 10.1. The van der Waals surface area contributed by atoms with E-state index in [9.17, 15) is 25.3 Å². The molecule has 0 heterocycles. The summed E-state index contributed by atoms with van der Waals surface area (Å²) in [7, 11) is 0. The third-order valence-corrected chi connectivity index (χ3v) is 2.08. The average molecular weight is 226 g/mol. The van der Waals surface area contributed by atoms with Crippen molar-refractivity contribution in [3.05, 3.63) is 37.9 Å². The second-order valence-electron chi connectivity index (χ2n) is 3.24. The van der Waals surface area contributed by atoms with E-state index < -0.39 is 21.3 Å². The van der Waals surface area contributed by atoms with E-state index in [1.807, 2.05) is 6.92 Å². The Kier molecular flexibility index (Phi) is 3.39. The van der Waals surface area contributed by atoms with Crippen LogP contribution in [0, 0.1) is 20.2 Å². The smallest absolute Gasteiger partial charge is 0.317 e. The summed E-state index contributed by atoms with van der Waals surface area (Å²) in [5.41, 5.74) is -0.783. The Morgan fingerprint density at radius 1 is 1.25 bits per heavy atom. The van der Waals surface area contributed by atoms with Crippen molar-refractivity contribution in [2.75, 3.05) is 0 Å². The third-order valence-electron chi connectivity index (χ3n) is 2.08. The van der Waals surface area contributed by atoms with E-state index in [1.165, 1.54) is 0 Å². The van der Waals surface area contributed by atoms with Crippen LogP contribution in [0.25, 0.3) is 0 Å². The summed E-state index contributed by atoms with van der Waals surface area (Å²) in [5, 5.41) is 30.7. The van der Waals surface area contributed by atoms with Crippen LogP contribution >= 0.6 is 0 Å². The first kappa shape index (κ1) is 11.9. The molecule has 0 fully saturated rings. The second kappa shape index (κ2) is 4.56. The van der Waals surface area contributed by atoms with Crippen LogP contribution in [-0.2, 0) is 6.42 Å². The van der Waals surface area contributed by atoms with Crippen LogP contribution in [0.5, 0.6) is 5.75 Å². The SMILES string of the molecule is CCCc1cc([N+](=O)[O-])cc([N+](=O)[O-])c1O. The van der Waals surface area contributed by atoms with Crippen LogP contribution < -0.4 is 0 Å². The minimum Gasteiger partial charge on any atom is -0.502 e. The molecule has 1 N–H and O–H groups in total. The summed E-state index contributed by atoms with van der Waals surface area (Å²) < 4.78 is 0. The van der Waals surface area contributed by atoms with E-state index in [-0.39, 0.29) is 11.3 Å². The third kappa shape index (κ3) is 2.25. The van der Waals surface area contributed by atoms with Gasteiger partial charge in [-0.1, -0.05) is 13.3 Å². The lowest BCUT2D eigenvalue weighted by Crippen LogP contribution is -1.96. The maximum absolute atomic E-state index is 10.6. The predicted octanol–water partition coefficient (Wildman–Crippen LogP) is 2.16. The number of hydrogen-bond acceptors (Lipinski definition) is 5. The molecule has 0 bridgehead atoms. The molecule has 0 amide bonds. The number of aromatic hydroxyl groups is 1. The summed E-state index contributed by atoms with van der Waals surface area (Å²) in [5.74, 6) is -0.488. The van der Waals surface area contributed by atoms with Crippen molar-refractivity contribution in [2.24, 2.45) is 0 Å². The number of aryl methyl sites for hydroxylation is 1. The average Bonchev–Trinajstić information content (AvgIpc) is 2.20. The van der Waals surface area contributed by atoms with Crippen LogP contribution in [0.1, 0.15) is 18.9 Å². The van der Waals surface area contributed by atoms with E-state index in [2.05, 4.69) is 0 Å². The van der Waals surface area contributed by atoms with Crippen molar-refractivity contribution in [3.63, 3.8) is 0 Å². The topological polar surface area (TPSA) is 107 Å². The Morgan fingerprint density at radius 3 is 2.31 bits per heavy atom. The molecule has 0 aliphatic carbocycles. The summed E-state index contributed by atoms with van der Waals surface area (Å²) >= 11 is 0. The van der Waals surface area contributed by atoms with E-state index in [0.717, 1.165) is 12.1 Å². The van der Waals surface area contributed by atoms with Gasteiger partial charge in [0.15, 0.2) is 5.75 Å². The first-order chi connectivity index (χ1) is 7.47. The molecule has 0 spiro atoms. The number of nitro groups is 2. The van der Waals surface area contributed by atoms with Crippen LogP contribution in [0.2, 0.25) is 0 Å². The minimum absolute atomic E-state index is 0.225. The summed E-state index contributed by atoms with van der Waals surface area (Å²) in [6, 6.07) is 1.92. The lowest BCUT2D eigenvalue weighted by Gasteiger charge is -2.03. The van der Waals surface area contributed by atoms with Crippen molar-refractivity contribution in [3.8, 4) is 5.75 Å². The summed E-state index contributed by atoms with van der Waals surface area (Å²) in [6.07, 6.45) is 0.986. The van der Waals surface area contributed by atoms with Gasteiger partial charge in [-0.05, 0) is 6.42 Å². The number of phenolic OH excluding ortho intramolecular Hbond substituents is 1. The highest BCUT2D eigenvalue weighted by Crippen LogP contribution is 2.34. The highest BCUT2D eigenvalue weighted by atomic mass is 16.6. The fraction of sp³-hybridized carbons (Fsp3) is 0.333. The molecule has 7 heteroatoms. The molecule has 1 aromatic rings. The first-order valence-corrected chi connectivity index (χ1v) is 4.62. The van der Waals surface area contributed by atoms with Crippen LogP contribution in [-0.4, -0.2) is 15.0 Å². The summed E-state index contributed by atoms with van der Waals surface area (Å²) in [6.45, 7) is 1.81. The van der Waals surface area contributed by atoms with E-state index in [0.29, 0.717) is 12.8 Å². The van der Waals surface area contributed by atoms with Crippen LogP contribution in [0.3, 0.4) is 0 Å². The molecule has 0 aliphatic heterocycles. The first-order valence-electron chi connectivity index (χ1n) is 4.62. The van der Waals surface area contributed by atoms with Gasteiger partial charge in [0.05, 0.1) is 15.9 Å². The van der Waals surface area contributed by atoms with Crippen molar-refractivity contribution in [2.45, 2.75) is 19.8 Å². The van der Waals surface area contributed by atoms with Gasteiger partial charge >= 0.3 is 5.69 Å². The number of benzene rings is 1. The van der Waals surface area contributed by atoms with Gasteiger partial charge in [-0.15, -0.1) is 0 Å². The largest absolute Gasteiger partial charge is 0.502 e. The molecule has 1 rings (SSSR count). The zero-order chi connectivity index (χ0) is 12.3. The number of nitrogens with zero attached hydrogens (tertiary/aromatic N) is 2. The molecular formula is C9H10N2O5. The van der Waals surface area contributed by atoms with Gasteiger partial charge in [0, 0.05) is 11.6 Å². The van der Waals surface area contributed by atoms with Gasteiger partial charge in [-0.2, -0.15) is 0 Å². The number of nitro benzene ring substituents is 2. The maximum atomic E-state index is 10.6. The molecule has 0 radical (unpaired) electrons. The predicted molar refractivity (Wildman–Crippen MR) is 55.4 cm³/mol. The molecule has 0 aliphatic rings. The quantitative estimate of drug-likeness (QED) is 0.625. The molecule has 7 nitrogen and oxygen atoms in total. The van der Waals surface area contributed by atoms with Crippen molar-refractivity contribution < 1.29 is 15.0 Å². The minimum atomic E-state index is -0.832. The zero-order valence-electron chi connectivity index (χ0n) is 8.54. The molecular weight excluding hydrogens is 216 g/mol. The van der Waals surface area contributed by atoms with E-state index in [1.54, 1.807) is 0 Å². The number of rotatable bonds is 4. The van der Waals surface area contributed by atoms with Crippen molar-refractivity contribution in [1.82, 2.24) is 0 Å². The van der Waals surface area contributed by atoms with Gasteiger partial charge in [-0.3, -0.25) is 20.2 Å². The molecule has 1 aromatic carbocycles. The molecule has 16 heavy (non-hydrogen) atoms. The molecule has 86 valence electrons. The van der Waals surface area contributed by atoms with Gasteiger partial charge in [0.25, 0.3) is 5.69 Å². The Morgan fingerprint density at radius 2 is 1.88 bits per heavy atom. The highest BCUT2D eigenvalue weighted by Gasteiger charge is 2.22. The molecule has 0 atom stereocenters. The normalized spacial score (nSPS) is 10.1. The van der Waals surface area contributed by atoms with Gasteiger partial charge in [0.2, 0.25) is 0 Å². The number of non-ortho nitro benzene ring substituents is 1. The van der Waals surface area contributed by atoms with Gasteiger partial charge < -0.3 is 5.11 Å². The lowest BCUT2D eigenvalue weighted by molar-refractivity contribution is -0.394. The standard InChI is InChI=1S/C9H10N2O5/c1-2-3-6-4-7(10(13)14)5-8(9(6)12)11(15)16/h4-5,12H,2-3H2,1H3. The fourth-order valence-electron chi connectivity index (χ4n) is 1.37. The Labute approximate surface area is 90.6 Å². The van der Waals surface area contributed by atoms with Crippen LogP contribution in [0.15, 0.2) is 12.1 Å². The zero-order valence-corrected chi connectivity index (χ0v) is 8.54. The van der Waals surface area contributed by atoms with Crippen molar-refractivity contribution >= 4 is 11.4 Å². The van der Waals surface area contributed by atoms with Gasteiger partial charge in [-0.25, -0.2) is 0 Å². The monoisotopic (exact) mass is 226 g/mol. The molecule has 0 saturated heterocycles. The Bertz CT molecular complexity index is 444. The van der Waals surface area contributed by atoms with E-state index >= 15 is 0 Å². The van der Waals surface area contributed by atoms with Crippen LogP contribution in [0.4, 0.5) is 11.4 Å². The molecule has 0 saturated carbocycles. The Hall–Kier alpha value is -2.18. The Balaban J connectivity index is 3.38. The number of hydrogen-bond donors (Lipinski definition) is 1. The second-order valence-corrected chi connectivity index (χ2v) is 3.24. The number of phenols is 1. The van der Waals surface area contributed by atoms with Crippen molar-refractivity contribution in [1.29, 1.82) is 0 Å².